The second kappa shape index (κ2) is 6.04. The standard InChI is InChI=1S/C12H15F4NO/c1-8(2)17-7-9-5-3-4-6-10(9)18-12(15,16)11(13)14/h3-6,8,11,17H,7H2,1-2H3. The second-order valence-electron chi connectivity index (χ2n) is 4.11. The topological polar surface area (TPSA) is 21.3 Å². The van der Waals surface area contributed by atoms with E-state index in [0.717, 1.165) is 0 Å². The Kier molecular flexibility index (Phi) is 4.95. The van der Waals surface area contributed by atoms with Crippen LogP contribution in [0.4, 0.5) is 17.6 Å². The monoisotopic (exact) mass is 265 g/mol. The molecule has 0 fully saturated rings. The van der Waals surface area contributed by atoms with Crippen LogP contribution in [0.25, 0.3) is 0 Å². The lowest BCUT2D eigenvalue weighted by molar-refractivity contribution is -0.253. The first kappa shape index (κ1) is 14.8. The summed E-state index contributed by atoms with van der Waals surface area (Å²) >= 11 is 0. The van der Waals surface area contributed by atoms with Gasteiger partial charge in [0.25, 0.3) is 0 Å². The zero-order chi connectivity index (χ0) is 13.8. The van der Waals surface area contributed by atoms with Crippen molar-refractivity contribution in [3.8, 4) is 5.75 Å². The third-order valence-corrected chi connectivity index (χ3v) is 2.17. The molecule has 1 aromatic carbocycles. The summed E-state index contributed by atoms with van der Waals surface area (Å²) in [4.78, 5) is 0. The molecule has 2 nitrogen and oxygen atoms in total. The van der Waals surface area contributed by atoms with Crippen LogP contribution >= 0.6 is 0 Å². The third kappa shape index (κ3) is 4.18. The molecule has 0 heterocycles. The van der Waals surface area contributed by atoms with Crippen molar-refractivity contribution in [2.75, 3.05) is 0 Å². The third-order valence-electron chi connectivity index (χ3n) is 2.17. The number of hydrogen-bond acceptors (Lipinski definition) is 2. The molecule has 0 saturated carbocycles. The van der Waals surface area contributed by atoms with Gasteiger partial charge in [-0.1, -0.05) is 32.0 Å². The molecule has 6 heteroatoms. The molecule has 0 amide bonds. The Morgan fingerprint density at radius 2 is 1.83 bits per heavy atom. The maximum absolute atomic E-state index is 12.8. The summed E-state index contributed by atoms with van der Waals surface area (Å²) in [6, 6.07) is 6.02. The minimum absolute atomic E-state index is 0.147. The molecule has 0 unspecified atom stereocenters. The number of hydrogen-bond donors (Lipinski definition) is 1. The van der Waals surface area contributed by atoms with E-state index in [1.165, 1.54) is 12.1 Å². The highest BCUT2D eigenvalue weighted by atomic mass is 19.3. The molecule has 102 valence electrons. The first-order valence-electron chi connectivity index (χ1n) is 5.49. The van der Waals surface area contributed by atoms with E-state index in [-0.39, 0.29) is 18.3 Å². The van der Waals surface area contributed by atoms with E-state index in [2.05, 4.69) is 10.1 Å². The number of rotatable bonds is 6. The zero-order valence-corrected chi connectivity index (χ0v) is 10.1. The minimum atomic E-state index is -4.48. The van der Waals surface area contributed by atoms with Gasteiger partial charge in [-0.15, -0.1) is 0 Å². The molecule has 0 atom stereocenters. The molecule has 0 radical (unpaired) electrons. The Morgan fingerprint density at radius 3 is 2.39 bits per heavy atom. The highest BCUT2D eigenvalue weighted by Crippen LogP contribution is 2.29. The molecule has 0 spiro atoms. The Balaban J connectivity index is 2.82. The maximum atomic E-state index is 12.8. The van der Waals surface area contributed by atoms with Crippen LogP contribution in [0.15, 0.2) is 24.3 Å². The molecule has 1 N–H and O–H groups in total. The van der Waals surface area contributed by atoms with Crippen molar-refractivity contribution in [1.29, 1.82) is 0 Å². The quantitative estimate of drug-likeness (QED) is 0.796. The fourth-order valence-electron chi connectivity index (χ4n) is 1.25. The number of nitrogens with one attached hydrogen (secondary N) is 1. The second-order valence-corrected chi connectivity index (χ2v) is 4.11. The van der Waals surface area contributed by atoms with Gasteiger partial charge in [-0.3, -0.25) is 0 Å². The Morgan fingerprint density at radius 1 is 1.22 bits per heavy atom. The molecular formula is C12H15F4NO. The number of ether oxygens (including phenoxy) is 1. The summed E-state index contributed by atoms with van der Waals surface area (Å²) in [5, 5.41) is 3.00. The zero-order valence-electron chi connectivity index (χ0n) is 10.1. The van der Waals surface area contributed by atoms with Crippen LogP contribution in [0.1, 0.15) is 19.4 Å². The molecule has 0 aliphatic rings. The molecule has 0 saturated heterocycles. The van der Waals surface area contributed by atoms with Crippen LogP contribution in [0, 0.1) is 0 Å². The SMILES string of the molecule is CC(C)NCc1ccccc1OC(F)(F)C(F)F. The molecule has 0 aromatic heterocycles. The summed E-state index contributed by atoms with van der Waals surface area (Å²) < 4.78 is 53.8. The molecule has 0 aliphatic carbocycles. The van der Waals surface area contributed by atoms with E-state index in [9.17, 15) is 17.6 Å². The number of benzene rings is 1. The normalized spacial score (nSPS) is 12.2. The number of alkyl halides is 4. The average Bonchev–Trinajstić information content (AvgIpc) is 2.27. The van der Waals surface area contributed by atoms with Gasteiger partial charge in [-0.2, -0.15) is 17.6 Å². The molecular weight excluding hydrogens is 250 g/mol. The van der Waals surface area contributed by atoms with Gasteiger partial charge in [0.05, 0.1) is 0 Å². The van der Waals surface area contributed by atoms with Crippen LogP contribution in [-0.2, 0) is 6.54 Å². The lowest BCUT2D eigenvalue weighted by atomic mass is 10.2. The highest BCUT2D eigenvalue weighted by molar-refractivity contribution is 5.33. The van der Waals surface area contributed by atoms with Crippen LogP contribution < -0.4 is 10.1 Å². The maximum Gasteiger partial charge on any atom is 0.461 e. The van der Waals surface area contributed by atoms with E-state index < -0.39 is 12.5 Å². The van der Waals surface area contributed by atoms with Crippen molar-refractivity contribution in [3.05, 3.63) is 29.8 Å². The summed E-state index contributed by atoms with van der Waals surface area (Å²) in [5.41, 5.74) is 0.409. The van der Waals surface area contributed by atoms with E-state index in [0.29, 0.717) is 5.56 Å². The van der Waals surface area contributed by atoms with E-state index in [4.69, 9.17) is 0 Å². The van der Waals surface area contributed by atoms with Crippen LogP contribution in [0.3, 0.4) is 0 Å². The fraction of sp³-hybridized carbons (Fsp3) is 0.500. The molecule has 0 bridgehead atoms. The first-order valence-corrected chi connectivity index (χ1v) is 5.49. The summed E-state index contributed by atoms with van der Waals surface area (Å²) in [5.74, 6) is -0.240. The average molecular weight is 265 g/mol. The molecule has 1 rings (SSSR count). The van der Waals surface area contributed by atoms with Gasteiger partial charge in [0.2, 0.25) is 0 Å². The number of halogens is 4. The van der Waals surface area contributed by atoms with Crippen molar-refractivity contribution < 1.29 is 22.3 Å². The van der Waals surface area contributed by atoms with Crippen LogP contribution in [-0.4, -0.2) is 18.6 Å². The molecule has 18 heavy (non-hydrogen) atoms. The van der Waals surface area contributed by atoms with Gasteiger partial charge in [0, 0.05) is 18.2 Å². The highest BCUT2D eigenvalue weighted by Gasteiger charge is 2.44. The Bertz CT molecular complexity index is 382. The van der Waals surface area contributed by atoms with Crippen molar-refractivity contribution in [2.24, 2.45) is 0 Å². The van der Waals surface area contributed by atoms with Gasteiger partial charge in [0.15, 0.2) is 0 Å². The van der Waals surface area contributed by atoms with Crippen molar-refractivity contribution in [1.82, 2.24) is 5.32 Å². The van der Waals surface area contributed by atoms with Gasteiger partial charge in [-0.25, -0.2) is 0 Å². The number of para-hydroxylation sites is 1. The summed E-state index contributed by atoms with van der Waals surface area (Å²) in [6.07, 6.45) is -8.34. The lowest BCUT2D eigenvalue weighted by Gasteiger charge is -2.19. The van der Waals surface area contributed by atoms with E-state index in [1.54, 1.807) is 12.1 Å². The van der Waals surface area contributed by atoms with Gasteiger partial charge < -0.3 is 10.1 Å². The Hall–Kier alpha value is -1.30. The molecule has 1 aromatic rings. The predicted molar refractivity (Wildman–Crippen MR) is 60.0 cm³/mol. The molecule has 0 aliphatic heterocycles. The Labute approximate surface area is 103 Å². The summed E-state index contributed by atoms with van der Waals surface area (Å²) in [6.45, 7) is 4.04. The van der Waals surface area contributed by atoms with Crippen molar-refractivity contribution in [3.63, 3.8) is 0 Å². The fourth-order valence-corrected chi connectivity index (χ4v) is 1.25. The smallest absolute Gasteiger partial charge is 0.428 e. The van der Waals surface area contributed by atoms with E-state index in [1.807, 2.05) is 13.8 Å². The summed E-state index contributed by atoms with van der Waals surface area (Å²) in [7, 11) is 0. The van der Waals surface area contributed by atoms with Gasteiger partial charge in [-0.05, 0) is 6.07 Å². The van der Waals surface area contributed by atoms with Crippen LogP contribution in [0.2, 0.25) is 0 Å². The predicted octanol–water partition coefficient (Wildman–Crippen LogP) is 3.42. The largest absolute Gasteiger partial charge is 0.461 e. The van der Waals surface area contributed by atoms with Crippen molar-refractivity contribution in [2.45, 2.75) is 39.0 Å². The van der Waals surface area contributed by atoms with Gasteiger partial charge >= 0.3 is 12.5 Å². The minimum Gasteiger partial charge on any atom is -0.428 e. The van der Waals surface area contributed by atoms with E-state index >= 15 is 0 Å². The van der Waals surface area contributed by atoms with Crippen LogP contribution in [0.5, 0.6) is 5.75 Å². The lowest BCUT2D eigenvalue weighted by Crippen LogP contribution is -2.34. The van der Waals surface area contributed by atoms with Crippen molar-refractivity contribution >= 4 is 0 Å². The first-order chi connectivity index (χ1) is 8.33. The van der Waals surface area contributed by atoms with Gasteiger partial charge in [0.1, 0.15) is 5.75 Å².